The molecule has 1 aliphatic heterocycles. The Hall–Kier alpha value is -4.20. The van der Waals surface area contributed by atoms with E-state index in [0.717, 1.165) is 23.1 Å². The Labute approximate surface area is 181 Å². The normalized spacial score (nSPS) is 12.6. The molecule has 1 aliphatic rings. The quantitative estimate of drug-likeness (QED) is 0.334. The maximum absolute atomic E-state index is 13.2. The van der Waals surface area contributed by atoms with Crippen molar-refractivity contribution in [3.05, 3.63) is 106 Å². The van der Waals surface area contributed by atoms with Gasteiger partial charge in [0.05, 0.1) is 23.2 Å². The monoisotopic (exact) mass is 435 g/mol. The Morgan fingerprint density at radius 1 is 0.781 bits per heavy atom. The van der Waals surface area contributed by atoms with Gasteiger partial charge in [-0.05, 0) is 48.0 Å². The Morgan fingerprint density at radius 3 is 1.97 bits per heavy atom. The molecule has 8 heteroatoms. The van der Waals surface area contributed by atoms with Crippen LogP contribution in [0.2, 0.25) is 0 Å². The molecule has 0 atom stereocenters. The summed E-state index contributed by atoms with van der Waals surface area (Å²) in [4.78, 5) is 50.2. The smallest absolute Gasteiger partial charge is 0.338 e. The zero-order valence-electron chi connectivity index (χ0n) is 16.5. The Bertz CT molecular complexity index is 1220. The van der Waals surface area contributed by atoms with Crippen LogP contribution in [0.3, 0.4) is 0 Å². The van der Waals surface area contributed by atoms with Gasteiger partial charge in [0.1, 0.15) is 0 Å². The van der Waals surface area contributed by atoms with Gasteiger partial charge in [-0.3, -0.25) is 19.3 Å². The molecule has 0 N–H and O–H groups in total. The number of carbonyl (C=O) groups is 4. The summed E-state index contributed by atoms with van der Waals surface area (Å²) in [6.07, 6.45) is 0. The summed E-state index contributed by atoms with van der Waals surface area (Å²) in [5.74, 6) is -4.49. The molecule has 0 aliphatic carbocycles. The average Bonchev–Trinajstić information content (AvgIpc) is 3.04. The second-order valence-corrected chi connectivity index (χ2v) is 7.07. The third kappa shape index (κ3) is 4.02. The van der Waals surface area contributed by atoms with E-state index in [1.165, 1.54) is 12.1 Å². The Morgan fingerprint density at radius 2 is 1.38 bits per heavy atom. The summed E-state index contributed by atoms with van der Waals surface area (Å²) in [5.41, 5.74) is 1.35. The molecule has 0 saturated heterocycles. The number of esters is 1. The number of rotatable bonds is 6. The molecule has 3 aromatic carbocycles. The molecule has 0 aromatic heterocycles. The fourth-order valence-corrected chi connectivity index (χ4v) is 3.28. The highest BCUT2D eigenvalue weighted by Crippen LogP contribution is 2.24. The number of benzene rings is 3. The number of ketones is 1. The lowest BCUT2D eigenvalue weighted by atomic mass is 10.1. The second kappa shape index (κ2) is 8.50. The summed E-state index contributed by atoms with van der Waals surface area (Å²) < 4.78 is 31.1. The number of amides is 2. The van der Waals surface area contributed by atoms with E-state index in [1.807, 2.05) is 0 Å². The van der Waals surface area contributed by atoms with E-state index in [9.17, 15) is 28.0 Å². The van der Waals surface area contributed by atoms with Crippen molar-refractivity contribution in [2.75, 3.05) is 6.61 Å². The number of fused-ring (bicyclic) bond motifs is 1. The summed E-state index contributed by atoms with van der Waals surface area (Å²) in [7, 11) is 0. The minimum Gasteiger partial charge on any atom is -0.454 e. The lowest BCUT2D eigenvalue weighted by Crippen LogP contribution is -2.29. The van der Waals surface area contributed by atoms with Crippen LogP contribution >= 0.6 is 0 Å². The first-order valence-corrected chi connectivity index (χ1v) is 9.54. The van der Waals surface area contributed by atoms with Gasteiger partial charge in [-0.2, -0.15) is 0 Å². The second-order valence-electron chi connectivity index (χ2n) is 7.07. The van der Waals surface area contributed by atoms with Crippen LogP contribution in [-0.4, -0.2) is 35.1 Å². The summed E-state index contributed by atoms with van der Waals surface area (Å²) >= 11 is 0. The van der Waals surface area contributed by atoms with Gasteiger partial charge in [0, 0.05) is 5.56 Å². The van der Waals surface area contributed by atoms with Crippen LogP contribution in [0.1, 0.15) is 47.0 Å². The minimum absolute atomic E-state index is 0.0380. The highest BCUT2D eigenvalue weighted by molar-refractivity contribution is 6.21. The number of Topliss-reactive ketones (excluding diaryl/α,β-unsaturated/α-hetero) is 1. The van der Waals surface area contributed by atoms with Gasteiger partial charge in [-0.1, -0.05) is 24.3 Å². The maximum Gasteiger partial charge on any atom is 0.338 e. The van der Waals surface area contributed by atoms with Gasteiger partial charge in [0.25, 0.3) is 11.8 Å². The summed E-state index contributed by atoms with van der Waals surface area (Å²) in [6.45, 7) is -0.600. The third-order valence-corrected chi connectivity index (χ3v) is 4.98. The lowest BCUT2D eigenvalue weighted by Gasteiger charge is -2.14. The van der Waals surface area contributed by atoms with E-state index in [0.29, 0.717) is 16.7 Å². The Kier molecular flexibility index (Phi) is 5.59. The van der Waals surface area contributed by atoms with Crippen LogP contribution in [0.15, 0.2) is 66.7 Å². The largest absolute Gasteiger partial charge is 0.454 e. The SMILES string of the molecule is O=C(COC(=O)c1ccc(CN2C(=O)c3ccccc3C2=O)cc1)c1ccc(F)c(F)c1. The number of hydrogen-bond acceptors (Lipinski definition) is 5. The number of imide groups is 1. The minimum atomic E-state index is -1.17. The number of carbonyl (C=O) groups excluding carboxylic acids is 4. The van der Waals surface area contributed by atoms with Gasteiger partial charge < -0.3 is 4.74 Å². The zero-order chi connectivity index (χ0) is 22.8. The van der Waals surface area contributed by atoms with Crippen molar-refractivity contribution >= 4 is 23.6 Å². The topological polar surface area (TPSA) is 80.8 Å². The molecule has 0 radical (unpaired) electrons. The van der Waals surface area contributed by atoms with Crippen molar-refractivity contribution in [3.8, 4) is 0 Å². The highest BCUT2D eigenvalue weighted by Gasteiger charge is 2.34. The van der Waals surface area contributed by atoms with E-state index in [4.69, 9.17) is 4.74 Å². The van der Waals surface area contributed by atoms with E-state index in [-0.39, 0.29) is 29.5 Å². The van der Waals surface area contributed by atoms with Crippen molar-refractivity contribution in [1.29, 1.82) is 0 Å². The van der Waals surface area contributed by atoms with Crippen molar-refractivity contribution in [2.24, 2.45) is 0 Å². The number of nitrogens with zero attached hydrogens (tertiary/aromatic N) is 1. The lowest BCUT2D eigenvalue weighted by molar-refractivity contribution is 0.0474. The predicted molar refractivity (Wildman–Crippen MR) is 108 cm³/mol. The highest BCUT2D eigenvalue weighted by atomic mass is 19.2. The molecule has 2 amide bonds. The molecule has 3 aromatic rings. The maximum atomic E-state index is 13.2. The van der Waals surface area contributed by atoms with Crippen LogP contribution < -0.4 is 0 Å². The average molecular weight is 435 g/mol. The molecule has 1 heterocycles. The standard InChI is InChI=1S/C24H15F2NO5/c25-19-10-9-16(11-20(19)26)21(28)13-32-24(31)15-7-5-14(6-8-15)12-27-22(29)17-3-1-2-4-18(17)23(27)30/h1-11H,12-13H2. The zero-order valence-corrected chi connectivity index (χ0v) is 16.5. The molecule has 160 valence electrons. The molecule has 0 saturated carbocycles. The van der Waals surface area contributed by atoms with Gasteiger partial charge in [0.2, 0.25) is 0 Å². The first kappa shape index (κ1) is 21.0. The van der Waals surface area contributed by atoms with Gasteiger partial charge in [0.15, 0.2) is 24.0 Å². The van der Waals surface area contributed by atoms with Crippen molar-refractivity contribution in [3.63, 3.8) is 0 Å². The molecular formula is C24H15F2NO5. The molecular weight excluding hydrogens is 420 g/mol. The first-order chi connectivity index (χ1) is 15.3. The van der Waals surface area contributed by atoms with Crippen molar-refractivity contribution in [2.45, 2.75) is 6.54 Å². The molecule has 0 bridgehead atoms. The molecule has 0 unspecified atom stereocenters. The van der Waals surface area contributed by atoms with Crippen LogP contribution in [0.25, 0.3) is 0 Å². The Balaban J connectivity index is 1.37. The molecule has 4 rings (SSSR count). The van der Waals surface area contributed by atoms with Crippen LogP contribution in [0.5, 0.6) is 0 Å². The van der Waals surface area contributed by atoms with Crippen LogP contribution in [0, 0.1) is 11.6 Å². The fourth-order valence-electron chi connectivity index (χ4n) is 3.28. The van der Waals surface area contributed by atoms with Crippen molar-refractivity contribution < 1.29 is 32.7 Å². The van der Waals surface area contributed by atoms with Crippen LogP contribution in [-0.2, 0) is 11.3 Å². The summed E-state index contributed by atoms with van der Waals surface area (Å²) in [6, 6.07) is 15.2. The summed E-state index contributed by atoms with van der Waals surface area (Å²) in [5, 5.41) is 0. The van der Waals surface area contributed by atoms with Crippen LogP contribution in [0.4, 0.5) is 8.78 Å². The van der Waals surface area contributed by atoms with E-state index >= 15 is 0 Å². The molecule has 0 fully saturated rings. The number of ether oxygens (including phenoxy) is 1. The van der Waals surface area contributed by atoms with Gasteiger partial charge >= 0.3 is 5.97 Å². The van der Waals surface area contributed by atoms with E-state index in [2.05, 4.69) is 0 Å². The van der Waals surface area contributed by atoms with Gasteiger partial charge in [-0.25, -0.2) is 13.6 Å². The third-order valence-electron chi connectivity index (χ3n) is 4.98. The molecule has 32 heavy (non-hydrogen) atoms. The van der Waals surface area contributed by atoms with E-state index < -0.39 is 30.0 Å². The number of halogens is 2. The van der Waals surface area contributed by atoms with Gasteiger partial charge in [-0.15, -0.1) is 0 Å². The molecule has 6 nitrogen and oxygen atoms in total. The number of hydrogen-bond donors (Lipinski definition) is 0. The first-order valence-electron chi connectivity index (χ1n) is 9.54. The van der Waals surface area contributed by atoms with E-state index in [1.54, 1.807) is 36.4 Å². The predicted octanol–water partition coefficient (Wildman–Crippen LogP) is 3.80. The van der Waals surface area contributed by atoms with Crippen molar-refractivity contribution in [1.82, 2.24) is 4.90 Å². The fraction of sp³-hybridized carbons (Fsp3) is 0.0833. The molecule has 0 spiro atoms.